The molecule has 1 fully saturated rings. The number of rotatable bonds is 5. The second-order valence-electron chi connectivity index (χ2n) is 6.98. The highest BCUT2D eigenvalue weighted by molar-refractivity contribution is 5.99. The minimum absolute atomic E-state index is 0.132. The van der Waals surface area contributed by atoms with Gasteiger partial charge in [0, 0.05) is 11.5 Å². The summed E-state index contributed by atoms with van der Waals surface area (Å²) in [6.45, 7) is 0.209. The number of amides is 2. The highest BCUT2D eigenvalue weighted by Crippen LogP contribution is 2.31. The summed E-state index contributed by atoms with van der Waals surface area (Å²) in [6.07, 6.45) is 6.09. The van der Waals surface area contributed by atoms with Gasteiger partial charge >= 0.3 is 0 Å². The van der Waals surface area contributed by atoms with Crippen LogP contribution >= 0.6 is 0 Å². The molecule has 2 aromatic rings. The van der Waals surface area contributed by atoms with E-state index < -0.39 is 0 Å². The quantitative estimate of drug-likeness (QED) is 0.860. The Morgan fingerprint density at radius 2 is 2.04 bits per heavy atom. The Morgan fingerprint density at radius 1 is 1.23 bits per heavy atom. The van der Waals surface area contributed by atoms with Crippen LogP contribution < -0.4 is 10.6 Å². The molecule has 7 nitrogen and oxygen atoms in total. The predicted molar refractivity (Wildman–Crippen MR) is 93.2 cm³/mol. The molecule has 0 spiro atoms. The molecule has 1 aliphatic heterocycles. The van der Waals surface area contributed by atoms with Gasteiger partial charge in [-0.1, -0.05) is 42.6 Å². The van der Waals surface area contributed by atoms with Crippen molar-refractivity contribution >= 4 is 11.8 Å². The number of nitrogens with zero attached hydrogens (tertiary/aromatic N) is 2. The molecule has 4 rings (SSSR count). The second-order valence-corrected chi connectivity index (χ2v) is 6.98. The van der Waals surface area contributed by atoms with Crippen molar-refractivity contribution in [2.45, 2.75) is 57.0 Å². The van der Waals surface area contributed by atoms with E-state index in [0.29, 0.717) is 17.4 Å². The van der Waals surface area contributed by atoms with Gasteiger partial charge in [0.15, 0.2) is 5.82 Å². The van der Waals surface area contributed by atoms with Gasteiger partial charge in [-0.15, -0.1) is 0 Å². The summed E-state index contributed by atoms with van der Waals surface area (Å²) < 4.78 is 5.27. The van der Waals surface area contributed by atoms with E-state index >= 15 is 0 Å². The molecule has 136 valence electrons. The fourth-order valence-electron chi connectivity index (χ4n) is 3.78. The van der Waals surface area contributed by atoms with Crippen molar-refractivity contribution < 1.29 is 14.1 Å². The largest absolute Gasteiger partial charge is 0.347 e. The number of hydrogen-bond acceptors (Lipinski definition) is 5. The Kier molecular flexibility index (Phi) is 4.69. The van der Waals surface area contributed by atoms with Gasteiger partial charge in [0.2, 0.25) is 11.8 Å². The fourth-order valence-corrected chi connectivity index (χ4v) is 3.78. The van der Waals surface area contributed by atoms with Crippen molar-refractivity contribution in [3.05, 3.63) is 47.1 Å². The Labute approximate surface area is 151 Å². The topological polar surface area (TPSA) is 97.1 Å². The first-order chi connectivity index (χ1) is 12.7. The van der Waals surface area contributed by atoms with Crippen LogP contribution in [0.2, 0.25) is 0 Å². The molecule has 2 N–H and O–H groups in total. The van der Waals surface area contributed by atoms with E-state index in [9.17, 15) is 9.59 Å². The van der Waals surface area contributed by atoms with E-state index in [1.165, 1.54) is 19.3 Å². The molecule has 2 aliphatic rings. The van der Waals surface area contributed by atoms with Crippen molar-refractivity contribution in [1.82, 2.24) is 20.8 Å². The minimum Gasteiger partial charge on any atom is -0.347 e. The van der Waals surface area contributed by atoms with Crippen LogP contribution in [0.4, 0.5) is 0 Å². The number of nitrogens with one attached hydrogen (secondary N) is 2. The highest BCUT2D eigenvalue weighted by atomic mass is 16.5. The number of aromatic nitrogens is 2. The molecule has 1 aromatic carbocycles. The number of hydrogen-bond donors (Lipinski definition) is 2. The zero-order chi connectivity index (χ0) is 17.9. The standard InChI is InChI=1S/C19H22N4O3/c24-16(10-15-13-8-4-5-9-14(13)19(25)21-15)20-11-17-22-18(23-26-17)12-6-2-1-3-7-12/h4-5,8-9,12,15H,1-3,6-7,10-11H2,(H,20,24)(H,21,25). The van der Waals surface area contributed by atoms with Crippen molar-refractivity contribution in [3.63, 3.8) is 0 Å². The molecule has 1 unspecified atom stereocenters. The van der Waals surface area contributed by atoms with E-state index in [4.69, 9.17) is 4.52 Å². The van der Waals surface area contributed by atoms with Crippen LogP contribution in [0.3, 0.4) is 0 Å². The zero-order valence-electron chi connectivity index (χ0n) is 14.5. The SMILES string of the molecule is O=C(CC1NC(=O)c2ccccc21)NCc1nc(C2CCCCC2)no1. The minimum atomic E-state index is -0.292. The van der Waals surface area contributed by atoms with Gasteiger partial charge in [-0.25, -0.2) is 0 Å². The van der Waals surface area contributed by atoms with Gasteiger partial charge in [0.25, 0.3) is 5.91 Å². The average molecular weight is 354 g/mol. The van der Waals surface area contributed by atoms with Gasteiger partial charge in [-0.2, -0.15) is 4.98 Å². The molecule has 7 heteroatoms. The van der Waals surface area contributed by atoms with E-state index in [-0.39, 0.29) is 30.8 Å². The smallest absolute Gasteiger partial charge is 0.252 e. The van der Waals surface area contributed by atoms with Crippen LogP contribution in [0.25, 0.3) is 0 Å². The summed E-state index contributed by atoms with van der Waals surface area (Å²) in [6, 6.07) is 7.04. The number of benzene rings is 1. The highest BCUT2D eigenvalue weighted by Gasteiger charge is 2.29. The van der Waals surface area contributed by atoms with Crippen molar-refractivity contribution in [2.75, 3.05) is 0 Å². The van der Waals surface area contributed by atoms with E-state index in [1.54, 1.807) is 6.07 Å². The first kappa shape index (κ1) is 16.8. The van der Waals surface area contributed by atoms with Crippen molar-refractivity contribution in [2.24, 2.45) is 0 Å². The lowest BCUT2D eigenvalue weighted by Crippen LogP contribution is -2.28. The molecule has 26 heavy (non-hydrogen) atoms. The lowest BCUT2D eigenvalue weighted by molar-refractivity contribution is -0.121. The molecule has 1 saturated carbocycles. The maximum absolute atomic E-state index is 12.2. The third kappa shape index (κ3) is 3.47. The summed E-state index contributed by atoms with van der Waals surface area (Å²) in [5.41, 5.74) is 1.50. The third-order valence-corrected chi connectivity index (χ3v) is 5.17. The third-order valence-electron chi connectivity index (χ3n) is 5.17. The van der Waals surface area contributed by atoms with Gasteiger partial charge in [-0.05, 0) is 24.5 Å². The van der Waals surface area contributed by atoms with E-state index in [0.717, 1.165) is 24.2 Å². The molecular weight excluding hydrogens is 332 g/mol. The maximum Gasteiger partial charge on any atom is 0.252 e. The summed E-state index contributed by atoms with van der Waals surface area (Å²) in [5.74, 6) is 1.26. The van der Waals surface area contributed by atoms with E-state index in [2.05, 4.69) is 20.8 Å². The molecule has 1 aromatic heterocycles. The lowest BCUT2D eigenvalue weighted by atomic mass is 9.89. The molecule has 2 heterocycles. The molecule has 0 bridgehead atoms. The summed E-state index contributed by atoms with van der Waals surface area (Å²) in [4.78, 5) is 28.6. The Morgan fingerprint density at radius 3 is 2.88 bits per heavy atom. The zero-order valence-corrected chi connectivity index (χ0v) is 14.5. The van der Waals surface area contributed by atoms with Crippen LogP contribution in [-0.4, -0.2) is 22.0 Å². The Hall–Kier alpha value is -2.70. The monoisotopic (exact) mass is 354 g/mol. The molecular formula is C19H22N4O3. The van der Waals surface area contributed by atoms with E-state index in [1.807, 2.05) is 18.2 Å². The van der Waals surface area contributed by atoms with Gasteiger partial charge in [0.05, 0.1) is 19.0 Å². The van der Waals surface area contributed by atoms with Crippen LogP contribution in [-0.2, 0) is 11.3 Å². The average Bonchev–Trinajstić information content (AvgIpc) is 3.27. The van der Waals surface area contributed by atoms with Gasteiger partial charge in [-0.3, -0.25) is 9.59 Å². The normalized spacial score (nSPS) is 19.8. The van der Waals surface area contributed by atoms with Crippen LogP contribution in [0.1, 0.15) is 78.1 Å². The fraction of sp³-hybridized carbons (Fsp3) is 0.474. The molecule has 2 amide bonds. The van der Waals surface area contributed by atoms with Crippen molar-refractivity contribution in [1.29, 1.82) is 0 Å². The Bertz CT molecular complexity index is 811. The number of fused-ring (bicyclic) bond motifs is 1. The molecule has 1 atom stereocenters. The Balaban J connectivity index is 1.31. The molecule has 0 radical (unpaired) electrons. The molecule has 0 saturated heterocycles. The summed E-state index contributed by atoms with van der Waals surface area (Å²) >= 11 is 0. The first-order valence-electron chi connectivity index (χ1n) is 9.19. The second kappa shape index (κ2) is 7.27. The van der Waals surface area contributed by atoms with Crippen LogP contribution in [0, 0.1) is 0 Å². The van der Waals surface area contributed by atoms with Crippen LogP contribution in [0.15, 0.2) is 28.8 Å². The summed E-state index contributed by atoms with van der Waals surface area (Å²) in [5, 5.41) is 9.71. The van der Waals surface area contributed by atoms with Crippen LogP contribution in [0.5, 0.6) is 0 Å². The summed E-state index contributed by atoms with van der Waals surface area (Å²) in [7, 11) is 0. The number of carbonyl (C=O) groups is 2. The predicted octanol–water partition coefficient (Wildman–Crippen LogP) is 2.61. The first-order valence-corrected chi connectivity index (χ1v) is 9.19. The maximum atomic E-state index is 12.2. The number of carbonyl (C=O) groups excluding carboxylic acids is 2. The van der Waals surface area contributed by atoms with Crippen molar-refractivity contribution in [3.8, 4) is 0 Å². The van der Waals surface area contributed by atoms with Gasteiger partial charge < -0.3 is 15.2 Å². The lowest BCUT2D eigenvalue weighted by Gasteiger charge is -2.17. The molecule has 1 aliphatic carbocycles. The van der Waals surface area contributed by atoms with Gasteiger partial charge in [0.1, 0.15) is 0 Å².